The van der Waals surface area contributed by atoms with E-state index in [1.807, 2.05) is 69.4 Å². The fourth-order valence-corrected chi connectivity index (χ4v) is 4.47. The molecule has 2 aromatic carbocycles. The van der Waals surface area contributed by atoms with Crippen molar-refractivity contribution in [2.24, 2.45) is 0 Å². The van der Waals surface area contributed by atoms with Crippen LogP contribution in [0.2, 0.25) is 0 Å². The summed E-state index contributed by atoms with van der Waals surface area (Å²) in [5.74, 6) is 1.73. The molecule has 0 amide bonds. The third-order valence-corrected chi connectivity index (χ3v) is 5.99. The number of aromatic nitrogens is 1. The number of hydrogen-bond donors (Lipinski definition) is 0. The van der Waals surface area contributed by atoms with Gasteiger partial charge in [-0.1, -0.05) is 49.6 Å². The molecule has 0 saturated heterocycles. The Morgan fingerprint density at radius 1 is 1.03 bits per heavy atom. The number of nitrogens with zero attached hydrogens (tertiary/aromatic N) is 1. The zero-order valence-electron chi connectivity index (χ0n) is 19.5. The molecule has 4 rings (SSSR count). The Balaban J connectivity index is 1.77. The molecule has 5 nitrogen and oxygen atoms in total. The van der Waals surface area contributed by atoms with Crippen molar-refractivity contribution >= 4 is 17.0 Å². The SMILES string of the molecule is COc1cc2c(C3CCCCC3)cn(C(=O)OC(C)(C)C)c2cc1OCc1ccccc1. The highest BCUT2D eigenvalue weighted by Gasteiger charge is 2.26. The van der Waals surface area contributed by atoms with Gasteiger partial charge in [-0.15, -0.1) is 0 Å². The summed E-state index contributed by atoms with van der Waals surface area (Å²) in [5.41, 5.74) is 2.49. The van der Waals surface area contributed by atoms with Crippen LogP contribution < -0.4 is 9.47 Å². The number of fused-ring (bicyclic) bond motifs is 1. The zero-order chi connectivity index (χ0) is 22.7. The second kappa shape index (κ2) is 9.27. The molecule has 0 radical (unpaired) electrons. The van der Waals surface area contributed by atoms with Gasteiger partial charge in [-0.3, -0.25) is 4.57 Å². The average molecular weight is 436 g/mol. The quantitative estimate of drug-likeness (QED) is 0.430. The van der Waals surface area contributed by atoms with Crippen molar-refractivity contribution in [3.63, 3.8) is 0 Å². The van der Waals surface area contributed by atoms with Crippen LogP contribution in [-0.2, 0) is 11.3 Å². The predicted molar refractivity (Wildman–Crippen MR) is 127 cm³/mol. The Labute approximate surface area is 190 Å². The summed E-state index contributed by atoms with van der Waals surface area (Å²) < 4.78 is 19.2. The minimum Gasteiger partial charge on any atom is -0.493 e. The Hall–Kier alpha value is -2.95. The van der Waals surface area contributed by atoms with E-state index in [0.29, 0.717) is 24.0 Å². The molecule has 1 saturated carbocycles. The number of ether oxygens (including phenoxy) is 3. The van der Waals surface area contributed by atoms with Crippen LogP contribution in [-0.4, -0.2) is 23.4 Å². The molecule has 1 heterocycles. The van der Waals surface area contributed by atoms with Crippen molar-refractivity contribution in [3.8, 4) is 11.5 Å². The van der Waals surface area contributed by atoms with Crippen molar-refractivity contribution in [1.82, 2.24) is 4.57 Å². The van der Waals surface area contributed by atoms with E-state index in [1.54, 1.807) is 11.7 Å². The summed E-state index contributed by atoms with van der Waals surface area (Å²) in [7, 11) is 1.65. The van der Waals surface area contributed by atoms with Crippen molar-refractivity contribution < 1.29 is 19.0 Å². The molecule has 1 aromatic heterocycles. The van der Waals surface area contributed by atoms with Gasteiger partial charge in [0.1, 0.15) is 12.2 Å². The summed E-state index contributed by atoms with van der Waals surface area (Å²) in [6.07, 6.45) is 7.60. The molecular formula is C27H33NO4. The van der Waals surface area contributed by atoms with Gasteiger partial charge in [-0.05, 0) is 56.7 Å². The summed E-state index contributed by atoms with van der Waals surface area (Å²) in [5, 5.41) is 1.03. The molecule has 5 heteroatoms. The monoisotopic (exact) mass is 435 g/mol. The van der Waals surface area contributed by atoms with Crippen LogP contribution >= 0.6 is 0 Å². The lowest BCUT2D eigenvalue weighted by molar-refractivity contribution is 0.0544. The number of carbonyl (C=O) groups is 1. The number of methoxy groups -OCH3 is 1. The minimum absolute atomic E-state index is 0.372. The standard InChI is InChI=1S/C27H33NO4/c1-27(2,3)32-26(29)28-17-22(20-13-9-6-10-14-20)21-15-24(30-4)25(16-23(21)28)31-18-19-11-7-5-8-12-19/h5,7-8,11-12,15-17,20H,6,9-10,13-14,18H2,1-4H3. The van der Waals surface area contributed by atoms with E-state index in [2.05, 4.69) is 0 Å². The van der Waals surface area contributed by atoms with Crippen LogP contribution in [0.5, 0.6) is 11.5 Å². The average Bonchev–Trinajstić information content (AvgIpc) is 3.16. The van der Waals surface area contributed by atoms with Crippen LogP contribution in [0.3, 0.4) is 0 Å². The largest absolute Gasteiger partial charge is 0.493 e. The van der Waals surface area contributed by atoms with Crippen LogP contribution in [0.15, 0.2) is 48.7 Å². The molecule has 0 unspecified atom stereocenters. The lowest BCUT2D eigenvalue weighted by Crippen LogP contribution is -2.26. The molecule has 1 aliphatic carbocycles. The Morgan fingerprint density at radius 2 is 1.75 bits per heavy atom. The van der Waals surface area contributed by atoms with Crippen LogP contribution in [0, 0.1) is 0 Å². The van der Waals surface area contributed by atoms with Gasteiger partial charge >= 0.3 is 6.09 Å². The first kappa shape index (κ1) is 22.3. The Kier molecular flexibility index (Phi) is 6.45. The summed E-state index contributed by atoms with van der Waals surface area (Å²) >= 11 is 0. The van der Waals surface area contributed by atoms with E-state index in [4.69, 9.17) is 14.2 Å². The van der Waals surface area contributed by atoms with Gasteiger partial charge in [0.15, 0.2) is 11.5 Å². The summed E-state index contributed by atoms with van der Waals surface area (Å²) in [6, 6.07) is 13.9. The maximum atomic E-state index is 13.1. The topological polar surface area (TPSA) is 49.7 Å². The lowest BCUT2D eigenvalue weighted by atomic mass is 9.84. The third kappa shape index (κ3) is 4.93. The number of hydrogen-bond acceptors (Lipinski definition) is 4. The van der Waals surface area contributed by atoms with Crippen LogP contribution in [0.4, 0.5) is 4.79 Å². The van der Waals surface area contributed by atoms with E-state index >= 15 is 0 Å². The van der Waals surface area contributed by atoms with E-state index in [0.717, 1.165) is 29.3 Å². The maximum absolute atomic E-state index is 13.1. The van der Waals surface area contributed by atoms with Gasteiger partial charge in [0.25, 0.3) is 0 Å². The first-order valence-corrected chi connectivity index (χ1v) is 11.5. The second-order valence-electron chi connectivity index (χ2n) is 9.56. The normalized spacial score (nSPS) is 15.0. The van der Waals surface area contributed by atoms with E-state index < -0.39 is 5.60 Å². The maximum Gasteiger partial charge on any atom is 0.419 e. The van der Waals surface area contributed by atoms with Gasteiger partial charge in [0.05, 0.1) is 12.6 Å². The molecule has 170 valence electrons. The van der Waals surface area contributed by atoms with Gasteiger partial charge in [-0.25, -0.2) is 4.79 Å². The molecule has 1 aliphatic rings. The fourth-order valence-electron chi connectivity index (χ4n) is 4.47. The fraction of sp³-hybridized carbons (Fsp3) is 0.444. The van der Waals surface area contributed by atoms with Gasteiger partial charge in [-0.2, -0.15) is 0 Å². The molecule has 0 N–H and O–H groups in total. The van der Waals surface area contributed by atoms with Crippen molar-refractivity contribution in [2.45, 2.75) is 71.0 Å². The summed E-state index contributed by atoms with van der Waals surface area (Å²) in [4.78, 5) is 13.1. The first-order valence-electron chi connectivity index (χ1n) is 11.5. The van der Waals surface area contributed by atoms with Crippen molar-refractivity contribution in [1.29, 1.82) is 0 Å². The molecule has 0 atom stereocenters. The highest BCUT2D eigenvalue weighted by Crippen LogP contribution is 2.41. The van der Waals surface area contributed by atoms with E-state index in [9.17, 15) is 4.79 Å². The minimum atomic E-state index is -0.572. The highest BCUT2D eigenvalue weighted by molar-refractivity contribution is 5.94. The van der Waals surface area contributed by atoms with Gasteiger partial charge < -0.3 is 14.2 Å². The Bertz CT molecular complexity index is 1070. The van der Waals surface area contributed by atoms with Gasteiger partial charge in [0.2, 0.25) is 0 Å². The molecule has 0 bridgehead atoms. The number of carbonyl (C=O) groups excluding carboxylic acids is 1. The van der Waals surface area contributed by atoms with Crippen LogP contribution in [0.1, 0.15) is 69.9 Å². The number of rotatable bonds is 5. The van der Waals surface area contributed by atoms with Crippen LogP contribution in [0.25, 0.3) is 10.9 Å². The molecule has 3 aromatic rings. The molecule has 32 heavy (non-hydrogen) atoms. The lowest BCUT2D eigenvalue weighted by Gasteiger charge is -2.21. The number of benzene rings is 2. The molecule has 0 aliphatic heterocycles. The smallest absolute Gasteiger partial charge is 0.419 e. The second-order valence-corrected chi connectivity index (χ2v) is 9.56. The highest BCUT2D eigenvalue weighted by atomic mass is 16.6. The first-order chi connectivity index (χ1) is 15.4. The molecule has 0 spiro atoms. The predicted octanol–water partition coefficient (Wildman–Crippen LogP) is 7.06. The van der Waals surface area contributed by atoms with Crippen molar-refractivity contribution in [2.75, 3.05) is 7.11 Å². The van der Waals surface area contributed by atoms with E-state index in [1.165, 1.54) is 24.8 Å². The van der Waals surface area contributed by atoms with Gasteiger partial charge in [0, 0.05) is 17.6 Å². The molecular weight excluding hydrogens is 402 g/mol. The molecule has 1 fully saturated rings. The van der Waals surface area contributed by atoms with E-state index in [-0.39, 0.29) is 6.09 Å². The van der Waals surface area contributed by atoms with Crippen molar-refractivity contribution in [3.05, 3.63) is 59.8 Å². The summed E-state index contributed by atoms with van der Waals surface area (Å²) in [6.45, 7) is 6.08. The Morgan fingerprint density at radius 3 is 2.41 bits per heavy atom. The third-order valence-electron chi connectivity index (χ3n) is 5.99. The zero-order valence-corrected chi connectivity index (χ0v) is 19.5.